The Labute approximate surface area is 101 Å². The van der Waals surface area contributed by atoms with Crippen LogP contribution in [0.25, 0.3) is 11.0 Å². The average molecular weight is 227 g/mol. The van der Waals surface area contributed by atoms with Crippen molar-refractivity contribution in [3.8, 4) is 0 Å². The highest BCUT2D eigenvalue weighted by molar-refractivity contribution is 5.76. The summed E-state index contributed by atoms with van der Waals surface area (Å²) < 4.78 is 0. The van der Waals surface area contributed by atoms with Crippen molar-refractivity contribution in [2.45, 2.75) is 26.7 Å². The van der Waals surface area contributed by atoms with Gasteiger partial charge in [-0.1, -0.05) is 0 Å². The molecule has 1 N–H and O–H groups in total. The van der Waals surface area contributed by atoms with Gasteiger partial charge in [0.05, 0.1) is 22.4 Å². The van der Waals surface area contributed by atoms with E-state index in [2.05, 4.69) is 27.4 Å². The summed E-state index contributed by atoms with van der Waals surface area (Å²) in [6.07, 6.45) is 2.19. The van der Waals surface area contributed by atoms with Crippen molar-refractivity contribution in [3.05, 3.63) is 34.6 Å². The fraction of sp³-hybridized carbons (Fsp3) is 0.429. The quantitative estimate of drug-likeness (QED) is 0.747. The molecule has 2 heterocycles. The lowest BCUT2D eigenvalue weighted by Gasteiger charge is -2.08. The Morgan fingerprint density at radius 3 is 1.82 bits per heavy atom. The van der Waals surface area contributed by atoms with E-state index in [1.54, 1.807) is 0 Å². The number of aryl methyl sites for hydroxylation is 2. The number of aromatic nitrogens is 2. The fourth-order valence-corrected chi connectivity index (χ4v) is 2.40. The van der Waals surface area contributed by atoms with E-state index in [4.69, 9.17) is 0 Å². The highest BCUT2D eigenvalue weighted by atomic mass is 14.9. The van der Waals surface area contributed by atoms with Gasteiger partial charge in [-0.2, -0.15) is 0 Å². The third-order valence-electron chi connectivity index (χ3n) is 3.54. The van der Waals surface area contributed by atoms with Crippen LogP contribution in [0.3, 0.4) is 0 Å². The molecule has 88 valence electrons. The minimum absolute atomic E-state index is 1.03. The molecule has 0 unspecified atom stereocenters. The van der Waals surface area contributed by atoms with Crippen molar-refractivity contribution in [1.82, 2.24) is 15.3 Å². The predicted octanol–water partition coefficient (Wildman–Crippen LogP) is 1.93. The van der Waals surface area contributed by atoms with E-state index in [1.165, 1.54) is 11.1 Å². The van der Waals surface area contributed by atoms with Gasteiger partial charge < -0.3 is 5.32 Å². The van der Waals surface area contributed by atoms with E-state index in [0.717, 1.165) is 48.4 Å². The number of fused-ring (bicyclic) bond motifs is 2. The van der Waals surface area contributed by atoms with Crippen LogP contribution in [0.2, 0.25) is 0 Å². The first kappa shape index (κ1) is 10.7. The molecule has 3 heteroatoms. The summed E-state index contributed by atoms with van der Waals surface area (Å²) in [4.78, 5) is 9.26. The number of nitrogens with one attached hydrogen (secondary N) is 1. The topological polar surface area (TPSA) is 37.8 Å². The van der Waals surface area contributed by atoms with Crippen LogP contribution >= 0.6 is 0 Å². The number of rotatable bonds is 0. The minimum Gasteiger partial charge on any atom is -0.316 e. The van der Waals surface area contributed by atoms with Crippen LogP contribution in [0.15, 0.2) is 12.1 Å². The van der Waals surface area contributed by atoms with Gasteiger partial charge in [0, 0.05) is 0 Å². The average Bonchev–Trinajstić information content (AvgIpc) is 2.53. The van der Waals surface area contributed by atoms with Gasteiger partial charge in [-0.3, -0.25) is 0 Å². The molecule has 0 saturated heterocycles. The van der Waals surface area contributed by atoms with Crippen LogP contribution in [0, 0.1) is 13.8 Å². The van der Waals surface area contributed by atoms with Crippen molar-refractivity contribution >= 4 is 11.0 Å². The normalized spacial score (nSPS) is 15.6. The van der Waals surface area contributed by atoms with E-state index in [9.17, 15) is 0 Å². The summed E-state index contributed by atoms with van der Waals surface area (Å²) >= 11 is 0. The van der Waals surface area contributed by atoms with E-state index in [-0.39, 0.29) is 0 Å². The van der Waals surface area contributed by atoms with E-state index >= 15 is 0 Å². The first-order chi connectivity index (χ1) is 8.24. The molecule has 3 rings (SSSR count). The highest BCUT2D eigenvalue weighted by Gasteiger charge is 2.10. The molecule has 0 fully saturated rings. The number of benzene rings is 1. The lowest BCUT2D eigenvalue weighted by Crippen LogP contribution is -2.16. The molecule has 0 atom stereocenters. The van der Waals surface area contributed by atoms with Crippen LogP contribution < -0.4 is 5.32 Å². The zero-order chi connectivity index (χ0) is 11.8. The van der Waals surface area contributed by atoms with Gasteiger partial charge in [0.25, 0.3) is 0 Å². The highest BCUT2D eigenvalue weighted by Crippen LogP contribution is 2.20. The standard InChI is InChI=1S/C14H17N3/c1-9-10(2)17-14-8-12-4-6-15-5-3-11(12)7-13(14)16-9/h7-8,15H,3-6H2,1-2H3. The van der Waals surface area contributed by atoms with Gasteiger partial charge in [0.2, 0.25) is 0 Å². The maximum Gasteiger partial charge on any atom is 0.0893 e. The Morgan fingerprint density at radius 2 is 1.35 bits per heavy atom. The van der Waals surface area contributed by atoms with Crippen molar-refractivity contribution in [1.29, 1.82) is 0 Å². The third kappa shape index (κ3) is 1.91. The van der Waals surface area contributed by atoms with Crippen molar-refractivity contribution in [2.75, 3.05) is 13.1 Å². The monoisotopic (exact) mass is 227 g/mol. The molecule has 3 nitrogen and oxygen atoms in total. The zero-order valence-electron chi connectivity index (χ0n) is 10.4. The Morgan fingerprint density at radius 1 is 0.882 bits per heavy atom. The second-order valence-electron chi connectivity index (χ2n) is 4.75. The van der Waals surface area contributed by atoms with Crippen LogP contribution in [-0.2, 0) is 12.8 Å². The molecular formula is C14H17N3. The summed E-state index contributed by atoms with van der Waals surface area (Å²) in [5.74, 6) is 0. The summed E-state index contributed by atoms with van der Waals surface area (Å²) in [6, 6.07) is 4.44. The predicted molar refractivity (Wildman–Crippen MR) is 69.3 cm³/mol. The van der Waals surface area contributed by atoms with Gasteiger partial charge in [0.15, 0.2) is 0 Å². The first-order valence-corrected chi connectivity index (χ1v) is 6.21. The molecule has 1 aliphatic heterocycles. The third-order valence-corrected chi connectivity index (χ3v) is 3.54. The molecule has 17 heavy (non-hydrogen) atoms. The van der Waals surface area contributed by atoms with Gasteiger partial charge >= 0.3 is 0 Å². The van der Waals surface area contributed by atoms with Crippen LogP contribution in [0.4, 0.5) is 0 Å². The van der Waals surface area contributed by atoms with Crippen molar-refractivity contribution < 1.29 is 0 Å². The van der Waals surface area contributed by atoms with Crippen molar-refractivity contribution in [2.24, 2.45) is 0 Å². The molecule has 1 aromatic heterocycles. The van der Waals surface area contributed by atoms with Gasteiger partial charge in [0.1, 0.15) is 0 Å². The summed E-state index contributed by atoms with van der Waals surface area (Å²) in [5, 5.41) is 3.43. The lowest BCUT2D eigenvalue weighted by molar-refractivity contribution is 0.711. The Hall–Kier alpha value is -1.48. The zero-order valence-corrected chi connectivity index (χ0v) is 10.4. The maximum atomic E-state index is 4.63. The molecule has 0 spiro atoms. The summed E-state index contributed by atoms with van der Waals surface area (Å²) in [6.45, 7) is 6.18. The number of nitrogens with zero attached hydrogens (tertiary/aromatic N) is 2. The molecule has 1 aliphatic rings. The molecule has 0 amide bonds. The molecule has 0 radical (unpaired) electrons. The van der Waals surface area contributed by atoms with Gasteiger partial charge in [-0.15, -0.1) is 0 Å². The lowest BCUT2D eigenvalue weighted by atomic mass is 10.0. The SMILES string of the molecule is Cc1nc2cc3c(cc2nc1C)CCNCC3. The van der Waals surface area contributed by atoms with E-state index < -0.39 is 0 Å². The van der Waals surface area contributed by atoms with Crippen LogP contribution in [0.1, 0.15) is 22.5 Å². The van der Waals surface area contributed by atoms with E-state index in [0.29, 0.717) is 0 Å². The largest absolute Gasteiger partial charge is 0.316 e. The van der Waals surface area contributed by atoms with E-state index in [1.807, 2.05) is 13.8 Å². The maximum absolute atomic E-state index is 4.63. The second-order valence-corrected chi connectivity index (χ2v) is 4.75. The minimum atomic E-state index is 1.03. The van der Waals surface area contributed by atoms with Crippen LogP contribution in [-0.4, -0.2) is 23.1 Å². The van der Waals surface area contributed by atoms with Crippen molar-refractivity contribution in [3.63, 3.8) is 0 Å². The molecule has 0 saturated carbocycles. The van der Waals surface area contributed by atoms with Crippen LogP contribution in [0.5, 0.6) is 0 Å². The van der Waals surface area contributed by atoms with Gasteiger partial charge in [-0.05, 0) is 63.0 Å². The molecule has 0 aliphatic carbocycles. The first-order valence-electron chi connectivity index (χ1n) is 6.21. The number of hydrogen-bond donors (Lipinski definition) is 1. The molecule has 1 aromatic carbocycles. The Balaban J connectivity index is 2.22. The Bertz CT molecular complexity index is 525. The second kappa shape index (κ2) is 4.08. The fourth-order valence-electron chi connectivity index (χ4n) is 2.40. The molecule has 0 bridgehead atoms. The molecular weight excluding hydrogens is 210 g/mol. The summed E-state index contributed by atoms with van der Waals surface area (Å²) in [7, 11) is 0. The smallest absolute Gasteiger partial charge is 0.0893 e. The summed E-state index contributed by atoms with van der Waals surface area (Å²) in [5.41, 5.74) is 7.00. The number of hydrogen-bond acceptors (Lipinski definition) is 3. The van der Waals surface area contributed by atoms with Gasteiger partial charge in [-0.25, -0.2) is 9.97 Å². The molecule has 2 aromatic rings. The Kier molecular flexibility index (Phi) is 2.56.